The molecule has 1 heterocycles. The van der Waals surface area contributed by atoms with E-state index in [1.165, 1.54) is 0 Å². The fraction of sp³-hybridized carbons (Fsp3) is 0.917. The van der Waals surface area contributed by atoms with Gasteiger partial charge in [-0.05, 0) is 39.5 Å². The van der Waals surface area contributed by atoms with Crippen molar-refractivity contribution < 1.29 is 9.53 Å². The van der Waals surface area contributed by atoms with E-state index in [1.54, 1.807) is 4.90 Å². The third kappa shape index (κ3) is 3.67. The molecular weight excluding hydrogens is 204 g/mol. The number of carbonyl (C=O) groups is 1. The van der Waals surface area contributed by atoms with Crippen LogP contribution in [0.1, 0.15) is 40.5 Å². The molecule has 0 spiro atoms. The first-order chi connectivity index (χ1) is 7.33. The van der Waals surface area contributed by atoms with Gasteiger partial charge in [0.25, 0.3) is 0 Å². The minimum atomic E-state index is -0.434. The molecule has 1 rings (SSSR count). The summed E-state index contributed by atoms with van der Waals surface area (Å²) in [5.74, 6) is 0.537. The number of rotatable bonds is 1. The number of amides is 1. The van der Waals surface area contributed by atoms with Gasteiger partial charge in [0, 0.05) is 19.1 Å². The van der Waals surface area contributed by atoms with E-state index in [4.69, 9.17) is 10.5 Å². The predicted molar refractivity (Wildman–Crippen MR) is 64.2 cm³/mol. The molecular formula is C12H24N2O2. The van der Waals surface area contributed by atoms with Crippen molar-refractivity contribution in [3.63, 3.8) is 0 Å². The number of piperidine rings is 1. The Morgan fingerprint density at radius 2 is 2.06 bits per heavy atom. The third-order valence-electron chi connectivity index (χ3n) is 2.84. The van der Waals surface area contributed by atoms with Crippen LogP contribution in [0.5, 0.6) is 0 Å². The number of likely N-dealkylation sites (tertiary alicyclic amines) is 1. The Balaban J connectivity index is 2.63. The number of hydrogen-bond donors (Lipinski definition) is 1. The van der Waals surface area contributed by atoms with Crippen molar-refractivity contribution in [1.29, 1.82) is 0 Å². The van der Waals surface area contributed by atoms with Crippen molar-refractivity contribution in [2.24, 2.45) is 11.7 Å². The van der Waals surface area contributed by atoms with Gasteiger partial charge in [0.1, 0.15) is 5.60 Å². The van der Waals surface area contributed by atoms with Gasteiger partial charge in [-0.1, -0.05) is 6.92 Å². The zero-order valence-electron chi connectivity index (χ0n) is 10.8. The largest absolute Gasteiger partial charge is 0.444 e. The smallest absolute Gasteiger partial charge is 0.410 e. The number of ether oxygens (including phenoxy) is 1. The van der Waals surface area contributed by atoms with Crippen molar-refractivity contribution in [3.8, 4) is 0 Å². The lowest BCUT2D eigenvalue weighted by Gasteiger charge is -2.38. The molecule has 0 unspecified atom stereocenters. The molecule has 2 N–H and O–H groups in total. The first-order valence-electron chi connectivity index (χ1n) is 6.03. The van der Waals surface area contributed by atoms with E-state index in [0.717, 1.165) is 19.4 Å². The van der Waals surface area contributed by atoms with Crippen molar-refractivity contribution in [2.75, 3.05) is 13.1 Å². The molecule has 1 amide bonds. The van der Waals surface area contributed by atoms with Crippen molar-refractivity contribution in [2.45, 2.75) is 52.2 Å². The maximum atomic E-state index is 12.0. The van der Waals surface area contributed by atoms with Crippen LogP contribution in [-0.4, -0.2) is 35.7 Å². The van der Waals surface area contributed by atoms with E-state index >= 15 is 0 Å². The summed E-state index contributed by atoms with van der Waals surface area (Å²) in [6.07, 6.45) is 1.90. The van der Waals surface area contributed by atoms with Gasteiger partial charge in [-0.25, -0.2) is 4.79 Å². The molecule has 4 nitrogen and oxygen atoms in total. The van der Waals surface area contributed by atoms with Gasteiger partial charge in [-0.15, -0.1) is 0 Å². The molecule has 0 saturated carbocycles. The Hall–Kier alpha value is -0.770. The molecule has 0 aromatic heterocycles. The molecule has 2 atom stereocenters. The monoisotopic (exact) mass is 228 g/mol. The molecule has 0 radical (unpaired) electrons. The van der Waals surface area contributed by atoms with Crippen LogP contribution < -0.4 is 5.73 Å². The van der Waals surface area contributed by atoms with E-state index < -0.39 is 5.60 Å². The van der Waals surface area contributed by atoms with Crippen LogP contribution in [0.25, 0.3) is 0 Å². The van der Waals surface area contributed by atoms with Crippen LogP contribution in [-0.2, 0) is 4.74 Å². The Bertz CT molecular complexity index is 248. The first kappa shape index (κ1) is 13.3. The van der Waals surface area contributed by atoms with Crippen LogP contribution in [0.2, 0.25) is 0 Å². The van der Waals surface area contributed by atoms with Gasteiger partial charge in [0.2, 0.25) is 0 Å². The summed E-state index contributed by atoms with van der Waals surface area (Å²) >= 11 is 0. The van der Waals surface area contributed by atoms with E-state index in [1.807, 2.05) is 20.8 Å². The number of hydrogen-bond acceptors (Lipinski definition) is 3. The van der Waals surface area contributed by atoms with Gasteiger partial charge in [-0.2, -0.15) is 0 Å². The van der Waals surface area contributed by atoms with Crippen LogP contribution in [0, 0.1) is 5.92 Å². The number of nitrogens with zero attached hydrogens (tertiary/aromatic N) is 1. The van der Waals surface area contributed by atoms with Crippen molar-refractivity contribution in [1.82, 2.24) is 4.90 Å². The second-order valence-electron chi connectivity index (χ2n) is 5.70. The molecule has 16 heavy (non-hydrogen) atoms. The molecule has 0 aliphatic carbocycles. The minimum absolute atomic E-state index is 0.144. The molecule has 1 fully saturated rings. The molecule has 4 heteroatoms. The fourth-order valence-corrected chi connectivity index (χ4v) is 2.00. The molecule has 0 aromatic carbocycles. The summed E-state index contributed by atoms with van der Waals surface area (Å²) in [4.78, 5) is 13.8. The van der Waals surface area contributed by atoms with Crippen LogP contribution >= 0.6 is 0 Å². The normalized spacial score (nSPS) is 26.7. The van der Waals surface area contributed by atoms with Gasteiger partial charge in [0.15, 0.2) is 0 Å². The lowest BCUT2D eigenvalue weighted by molar-refractivity contribution is 0.00525. The predicted octanol–water partition coefficient (Wildman–Crippen LogP) is 1.98. The number of nitrogens with two attached hydrogens (primary N) is 1. The molecule has 1 saturated heterocycles. The lowest BCUT2D eigenvalue weighted by atomic mass is 9.94. The van der Waals surface area contributed by atoms with Gasteiger partial charge in [0.05, 0.1) is 0 Å². The summed E-state index contributed by atoms with van der Waals surface area (Å²) in [5, 5.41) is 0. The highest BCUT2D eigenvalue weighted by Gasteiger charge is 2.31. The Morgan fingerprint density at radius 1 is 1.44 bits per heavy atom. The summed E-state index contributed by atoms with van der Waals surface area (Å²) in [6, 6.07) is 0.144. The summed E-state index contributed by atoms with van der Waals surface area (Å²) < 4.78 is 5.39. The first-order valence-corrected chi connectivity index (χ1v) is 6.03. The van der Waals surface area contributed by atoms with E-state index in [-0.39, 0.29) is 12.1 Å². The zero-order chi connectivity index (χ0) is 12.3. The number of carbonyl (C=O) groups excluding carboxylic acids is 1. The quantitative estimate of drug-likeness (QED) is 0.746. The van der Waals surface area contributed by atoms with Gasteiger partial charge >= 0.3 is 6.09 Å². The summed E-state index contributed by atoms with van der Waals surface area (Å²) in [7, 11) is 0. The highest BCUT2D eigenvalue weighted by atomic mass is 16.6. The van der Waals surface area contributed by atoms with E-state index in [2.05, 4.69) is 6.92 Å². The average Bonchev–Trinajstić information content (AvgIpc) is 2.15. The molecule has 1 aliphatic rings. The maximum absolute atomic E-state index is 12.0. The summed E-state index contributed by atoms with van der Waals surface area (Å²) in [6.45, 7) is 9.09. The van der Waals surface area contributed by atoms with Crippen molar-refractivity contribution in [3.05, 3.63) is 0 Å². The summed E-state index contributed by atoms with van der Waals surface area (Å²) in [5.41, 5.74) is 5.26. The second-order valence-corrected chi connectivity index (χ2v) is 5.70. The molecule has 94 valence electrons. The molecule has 0 bridgehead atoms. The molecule has 1 aliphatic heterocycles. The zero-order valence-corrected chi connectivity index (χ0v) is 10.8. The van der Waals surface area contributed by atoms with Crippen LogP contribution in [0.3, 0.4) is 0 Å². The second kappa shape index (κ2) is 5.04. The third-order valence-corrected chi connectivity index (χ3v) is 2.84. The molecule has 0 aromatic rings. The van der Waals surface area contributed by atoms with Gasteiger partial charge < -0.3 is 15.4 Å². The van der Waals surface area contributed by atoms with E-state index in [9.17, 15) is 4.79 Å². The Labute approximate surface area is 98.1 Å². The van der Waals surface area contributed by atoms with E-state index in [0.29, 0.717) is 12.5 Å². The topological polar surface area (TPSA) is 55.6 Å². The SMILES string of the molecule is C[C@@H]1CC[C@H](CN)N(C(=O)OC(C)(C)C)C1. The lowest BCUT2D eigenvalue weighted by Crippen LogP contribution is -2.51. The standard InChI is InChI=1S/C12H24N2O2/c1-9-5-6-10(7-13)14(8-9)11(15)16-12(2,3)4/h9-10H,5-8,13H2,1-4H3/t9-,10-/m1/s1. The fourth-order valence-electron chi connectivity index (χ4n) is 2.00. The van der Waals surface area contributed by atoms with Crippen LogP contribution in [0.15, 0.2) is 0 Å². The van der Waals surface area contributed by atoms with Gasteiger partial charge in [-0.3, -0.25) is 0 Å². The Morgan fingerprint density at radius 3 is 2.56 bits per heavy atom. The van der Waals surface area contributed by atoms with Crippen molar-refractivity contribution >= 4 is 6.09 Å². The van der Waals surface area contributed by atoms with Crippen LogP contribution in [0.4, 0.5) is 4.79 Å². The minimum Gasteiger partial charge on any atom is -0.444 e. The highest BCUT2D eigenvalue weighted by Crippen LogP contribution is 2.23. The highest BCUT2D eigenvalue weighted by molar-refractivity contribution is 5.68. The Kier molecular flexibility index (Phi) is 4.19. The maximum Gasteiger partial charge on any atom is 0.410 e. The average molecular weight is 228 g/mol.